The summed E-state index contributed by atoms with van der Waals surface area (Å²) in [6.45, 7) is 0.472. The van der Waals surface area contributed by atoms with Gasteiger partial charge >= 0.3 is 12.0 Å². The van der Waals surface area contributed by atoms with Crippen molar-refractivity contribution in [3.8, 4) is 0 Å². The minimum atomic E-state index is -0.729. The van der Waals surface area contributed by atoms with Gasteiger partial charge in [-0.1, -0.05) is 12.8 Å². The fraction of sp³-hybridized carbons (Fsp3) is 0.857. The number of rotatable bonds is 5. The molecule has 0 bridgehead atoms. The van der Waals surface area contributed by atoms with Gasteiger partial charge in [-0.3, -0.25) is 4.79 Å². The quantitative estimate of drug-likeness (QED) is 0.726. The van der Waals surface area contributed by atoms with Crippen LogP contribution in [0.2, 0.25) is 0 Å². The van der Waals surface area contributed by atoms with Gasteiger partial charge in [-0.05, 0) is 37.9 Å². The Morgan fingerprint density at radius 1 is 1.20 bits per heavy atom. The lowest BCUT2D eigenvalue weighted by atomic mass is 9.96. The molecule has 4 unspecified atom stereocenters. The molecule has 5 nitrogen and oxygen atoms in total. The highest BCUT2D eigenvalue weighted by Crippen LogP contribution is 2.31. The zero-order chi connectivity index (χ0) is 14.5. The summed E-state index contributed by atoms with van der Waals surface area (Å²) in [6, 6.07) is 0.107. The molecule has 2 fully saturated rings. The van der Waals surface area contributed by atoms with Crippen molar-refractivity contribution in [2.75, 3.05) is 12.8 Å². The van der Waals surface area contributed by atoms with Crippen molar-refractivity contribution in [2.45, 2.75) is 49.8 Å². The van der Waals surface area contributed by atoms with E-state index in [9.17, 15) is 9.59 Å². The van der Waals surface area contributed by atoms with Crippen molar-refractivity contribution in [3.05, 3.63) is 0 Å². The van der Waals surface area contributed by atoms with Crippen molar-refractivity contribution in [2.24, 2.45) is 11.8 Å². The summed E-state index contributed by atoms with van der Waals surface area (Å²) in [5.74, 6) is -0.938. The van der Waals surface area contributed by atoms with E-state index in [1.54, 1.807) is 0 Å². The molecule has 2 aliphatic carbocycles. The van der Waals surface area contributed by atoms with Gasteiger partial charge in [0, 0.05) is 17.8 Å². The van der Waals surface area contributed by atoms with E-state index in [1.807, 2.05) is 11.8 Å². The smallest absolute Gasteiger partial charge is 0.315 e. The van der Waals surface area contributed by atoms with Crippen molar-refractivity contribution in [3.63, 3.8) is 0 Å². The number of hydrogen-bond donors (Lipinski definition) is 3. The molecule has 0 aromatic rings. The Kier molecular flexibility index (Phi) is 5.57. The summed E-state index contributed by atoms with van der Waals surface area (Å²) in [6.07, 6.45) is 8.03. The molecule has 0 radical (unpaired) electrons. The Balaban J connectivity index is 1.73. The third-order valence-electron chi connectivity index (χ3n) is 4.57. The van der Waals surface area contributed by atoms with E-state index in [0.717, 1.165) is 32.1 Å². The number of hydrogen-bond acceptors (Lipinski definition) is 3. The van der Waals surface area contributed by atoms with Crippen LogP contribution in [0.5, 0.6) is 0 Å². The molecule has 2 amide bonds. The summed E-state index contributed by atoms with van der Waals surface area (Å²) in [4.78, 5) is 23.0. The fourth-order valence-electron chi connectivity index (χ4n) is 3.42. The third-order valence-corrected chi connectivity index (χ3v) is 5.74. The van der Waals surface area contributed by atoms with Crippen molar-refractivity contribution < 1.29 is 14.7 Å². The Hall–Kier alpha value is -0.910. The molecule has 2 rings (SSSR count). The van der Waals surface area contributed by atoms with E-state index in [2.05, 4.69) is 16.9 Å². The number of carboxylic acid groups (broad SMARTS) is 1. The molecule has 0 aromatic carbocycles. The average molecular weight is 300 g/mol. The van der Waals surface area contributed by atoms with Crippen LogP contribution in [0.25, 0.3) is 0 Å². The van der Waals surface area contributed by atoms with Gasteiger partial charge in [0.1, 0.15) is 0 Å². The predicted molar refractivity (Wildman–Crippen MR) is 79.9 cm³/mol. The first-order valence-electron chi connectivity index (χ1n) is 7.41. The maximum absolute atomic E-state index is 11.9. The van der Waals surface area contributed by atoms with Gasteiger partial charge in [0.2, 0.25) is 0 Å². The molecular weight excluding hydrogens is 276 g/mol. The standard InChI is InChI=1S/C14H24N2O3S/c1-20-12-7-3-6-11(12)16-14(19)15-8-9-4-2-5-10(9)13(17)18/h9-12H,2-8H2,1H3,(H,17,18)(H2,15,16,19). The van der Waals surface area contributed by atoms with E-state index < -0.39 is 5.97 Å². The Bertz CT molecular complexity index is 364. The molecule has 6 heteroatoms. The minimum Gasteiger partial charge on any atom is -0.481 e. The number of amides is 2. The van der Waals surface area contributed by atoms with Gasteiger partial charge < -0.3 is 15.7 Å². The molecule has 20 heavy (non-hydrogen) atoms. The molecule has 0 aliphatic heterocycles. The van der Waals surface area contributed by atoms with Crippen LogP contribution in [0.15, 0.2) is 0 Å². The highest BCUT2D eigenvalue weighted by atomic mass is 32.2. The van der Waals surface area contributed by atoms with Crippen molar-refractivity contribution in [1.29, 1.82) is 0 Å². The number of urea groups is 1. The number of aliphatic carboxylic acids is 1. The molecule has 2 aliphatic rings. The largest absolute Gasteiger partial charge is 0.481 e. The summed E-state index contributed by atoms with van der Waals surface area (Å²) >= 11 is 1.81. The van der Waals surface area contributed by atoms with E-state index >= 15 is 0 Å². The van der Waals surface area contributed by atoms with Crippen LogP contribution in [0, 0.1) is 11.8 Å². The summed E-state index contributed by atoms with van der Waals surface area (Å²) < 4.78 is 0. The monoisotopic (exact) mass is 300 g/mol. The molecule has 0 saturated heterocycles. The average Bonchev–Trinajstić information content (AvgIpc) is 3.04. The molecule has 114 valence electrons. The zero-order valence-corrected chi connectivity index (χ0v) is 12.7. The number of thioether (sulfide) groups is 1. The van der Waals surface area contributed by atoms with Gasteiger partial charge in [-0.2, -0.15) is 11.8 Å². The summed E-state index contributed by atoms with van der Waals surface area (Å²) in [5.41, 5.74) is 0. The Labute approximate surface area is 124 Å². The van der Waals surface area contributed by atoms with Crippen LogP contribution < -0.4 is 10.6 Å². The molecule has 0 spiro atoms. The normalized spacial score (nSPS) is 33.0. The van der Waals surface area contributed by atoms with E-state index in [0.29, 0.717) is 11.8 Å². The number of nitrogens with one attached hydrogen (secondary N) is 2. The van der Waals surface area contributed by atoms with Crippen LogP contribution in [-0.4, -0.2) is 41.2 Å². The number of carbonyl (C=O) groups excluding carboxylic acids is 1. The molecule has 3 N–H and O–H groups in total. The maximum atomic E-state index is 11.9. The third kappa shape index (κ3) is 3.81. The molecular formula is C14H24N2O3S. The van der Waals surface area contributed by atoms with Gasteiger partial charge in [0.15, 0.2) is 0 Å². The van der Waals surface area contributed by atoms with E-state index in [-0.39, 0.29) is 23.9 Å². The molecule has 0 heterocycles. The first-order valence-corrected chi connectivity index (χ1v) is 8.70. The predicted octanol–water partition coefficient (Wildman–Crippen LogP) is 2.07. The van der Waals surface area contributed by atoms with Gasteiger partial charge in [-0.15, -0.1) is 0 Å². The second kappa shape index (κ2) is 7.20. The highest BCUT2D eigenvalue weighted by molar-refractivity contribution is 7.99. The SMILES string of the molecule is CSC1CCCC1NC(=O)NCC1CCCC1C(=O)O. The minimum absolute atomic E-state index is 0.0816. The Morgan fingerprint density at radius 3 is 2.65 bits per heavy atom. The zero-order valence-electron chi connectivity index (χ0n) is 11.9. The lowest BCUT2D eigenvalue weighted by Crippen LogP contribution is -2.46. The van der Waals surface area contributed by atoms with Crippen LogP contribution in [0.3, 0.4) is 0 Å². The number of carbonyl (C=O) groups is 2. The van der Waals surface area contributed by atoms with Crippen LogP contribution in [0.4, 0.5) is 4.79 Å². The van der Waals surface area contributed by atoms with Crippen molar-refractivity contribution >= 4 is 23.8 Å². The lowest BCUT2D eigenvalue weighted by Gasteiger charge is -2.21. The van der Waals surface area contributed by atoms with Gasteiger partial charge in [0.05, 0.1) is 5.92 Å². The molecule has 0 aromatic heterocycles. The molecule has 2 saturated carbocycles. The number of carboxylic acids is 1. The van der Waals surface area contributed by atoms with Crippen LogP contribution in [-0.2, 0) is 4.79 Å². The van der Waals surface area contributed by atoms with Gasteiger partial charge in [-0.25, -0.2) is 4.79 Å². The summed E-state index contributed by atoms with van der Waals surface area (Å²) in [5, 5.41) is 15.5. The first-order chi connectivity index (χ1) is 9.61. The topological polar surface area (TPSA) is 78.4 Å². The van der Waals surface area contributed by atoms with E-state index in [1.165, 1.54) is 6.42 Å². The van der Waals surface area contributed by atoms with Crippen LogP contribution in [0.1, 0.15) is 38.5 Å². The van der Waals surface area contributed by atoms with E-state index in [4.69, 9.17) is 5.11 Å². The van der Waals surface area contributed by atoms with Crippen LogP contribution >= 0.6 is 11.8 Å². The fourth-order valence-corrected chi connectivity index (χ4v) is 4.36. The highest BCUT2D eigenvalue weighted by Gasteiger charge is 2.33. The maximum Gasteiger partial charge on any atom is 0.315 e. The lowest BCUT2D eigenvalue weighted by molar-refractivity contribution is -0.142. The second-order valence-electron chi connectivity index (χ2n) is 5.80. The van der Waals surface area contributed by atoms with Crippen molar-refractivity contribution in [1.82, 2.24) is 10.6 Å². The second-order valence-corrected chi connectivity index (χ2v) is 6.88. The first kappa shape index (κ1) is 15.5. The Morgan fingerprint density at radius 2 is 1.95 bits per heavy atom. The summed E-state index contributed by atoms with van der Waals surface area (Å²) in [7, 11) is 0. The van der Waals surface area contributed by atoms with Gasteiger partial charge in [0.25, 0.3) is 0 Å². The molecule has 4 atom stereocenters.